The van der Waals surface area contributed by atoms with Crippen LogP contribution < -0.4 is 10.2 Å². The molecule has 0 fully saturated rings. The number of hydrogen-bond donors (Lipinski definition) is 1. The van der Waals surface area contributed by atoms with Gasteiger partial charge in [-0.1, -0.05) is 12.1 Å². The highest BCUT2D eigenvalue weighted by atomic mass is 35.5. The topological polar surface area (TPSA) is 15.3 Å². The van der Waals surface area contributed by atoms with Crippen LogP contribution in [-0.4, -0.2) is 26.5 Å². The molecule has 14 heavy (non-hydrogen) atoms. The lowest BCUT2D eigenvalue weighted by Gasteiger charge is -2.17. The fourth-order valence-corrected chi connectivity index (χ4v) is 1.58. The molecule has 0 spiro atoms. The van der Waals surface area contributed by atoms with Crippen molar-refractivity contribution in [3.63, 3.8) is 0 Å². The predicted octanol–water partition coefficient (Wildman–Crippen LogP) is 2.08. The molecule has 0 atom stereocenters. The van der Waals surface area contributed by atoms with E-state index < -0.39 is 0 Å². The number of rotatable bonds is 5. The molecule has 0 aliphatic rings. The summed E-state index contributed by atoms with van der Waals surface area (Å²) in [5, 5.41) is 3.12. The molecule has 0 saturated carbocycles. The SMILES string of the molecule is CNCc1ccc(N(C)CCCl)cc1. The summed E-state index contributed by atoms with van der Waals surface area (Å²) in [6.07, 6.45) is 0. The van der Waals surface area contributed by atoms with Gasteiger partial charge in [-0.25, -0.2) is 0 Å². The quantitative estimate of drug-likeness (QED) is 0.752. The summed E-state index contributed by atoms with van der Waals surface area (Å²) < 4.78 is 0. The summed E-state index contributed by atoms with van der Waals surface area (Å²) >= 11 is 5.68. The molecule has 0 saturated heterocycles. The smallest absolute Gasteiger partial charge is 0.0399 e. The van der Waals surface area contributed by atoms with E-state index in [0.29, 0.717) is 5.88 Å². The zero-order valence-electron chi connectivity index (χ0n) is 8.76. The summed E-state index contributed by atoms with van der Waals surface area (Å²) in [7, 11) is 4.00. The maximum Gasteiger partial charge on any atom is 0.0399 e. The first kappa shape index (κ1) is 11.3. The number of nitrogens with one attached hydrogen (secondary N) is 1. The largest absolute Gasteiger partial charge is 0.373 e. The molecule has 0 bridgehead atoms. The fourth-order valence-electron chi connectivity index (χ4n) is 1.33. The van der Waals surface area contributed by atoms with Crippen LogP contribution in [0.25, 0.3) is 0 Å². The van der Waals surface area contributed by atoms with Gasteiger partial charge in [0.15, 0.2) is 0 Å². The third-order valence-corrected chi connectivity index (χ3v) is 2.35. The summed E-state index contributed by atoms with van der Waals surface area (Å²) in [5.41, 5.74) is 2.51. The van der Waals surface area contributed by atoms with E-state index in [4.69, 9.17) is 11.6 Å². The van der Waals surface area contributed by atoms with Crippen molar-refractivity contribution in [2.24, 2.45) is 0 Å². The molecule has 0 aliphatic carbocycles. The van der Waals surface area contributed by atoms with E-state index in [-0.39, 0.29) is 0 Å². The average Bonchev–Trinajstić information content (AvgIpc) is 2.20. The lowest BCUT2D eigenvalue weighted by Crippen LogP contribution is -2.19. The van der Waals surface area contributed by atoms with E-state index >= 15 is 0 Å². The van der Waals surface area contributed by atoms with Crippen molar-refractivity contribution in [2.45, 2.75) is 6.54 Å². The van der Waals surface area contributed by atoms with Crippen LogP contribution in [0.4, 0.5) is 5.69 Å². The van der Waals surface area contributed by atoms with Crippen LogP contribution in [0.2, 0.25) is 0 Å². The van der Waals surface area contributed by atoms with Gasteiger partial charge in [-0.05, 0) is 24.7 Å². The van der Waals surface area contributed by atoms with Crippen LogP contribution >= 0.6 is 11.6 Å². The Labute approximate surface area is 90.9 Å². The second-order valence-corrected chi connectivity index (χ2v) is 3.69. The highest BCUT2D eigenvalue weighted by molar-refractivity contribution is 6.18. The number of anilines is 1. The van der Waals surface area contributed by atoms with Crippen molar-refractivity contribution >= 4 is 17.3 Å². The molecule has 3 heteroatoms. The third-order valence-electron chi connectivity index (χ3n) is 2.18. The van der Waals surface area contributed by atoms with Crippen LogP contribution in [0.3, 0.4) is 0 Å². The Balaban J connectivity index is 2.62. The lowest BCUT2D eigenvalue weighted by molar-refractivity contribution is 0.817. The molecule has 0 unspecified atom stereocenters. The third kappa shape index (κ3) is 3.20. The summed E-state index contributed by atoms with van der Waals surface area (Å²) in [6.45, 7) is 1.80. The van der Waals surface area contributed by atoms with Gasteiger partial charge < -0.3 is 10.2 Å². The monoisotopic (exact) mass is 212 g/mol. The Bertz CT molecular complexity index is 258. The second kappa shape index (κ2) is 5.89. The van der Waals surface area contributed by atoms with Crippen LogP contribution in [0.1, 0.15) is 5.56 Å². The molecule has 1 rings (SSSR count). The molecular formula is C11H17ClN2. The summed E-state index contributed by atoms with van der Waals surface area (Å²) in [6, 6.07) is 8.52. The minimum absolute atomic E-state index is 0.661. The Morgan fingerprint density at radius 1 is 1.29 bits per heavy atom. The van der Waals surface area contributed by atoms with Crippen molar-refractivity contribution in [3.05, 3.63) is 29.8 Å². The maximum atomic E-state index is 5.68. The summed E-state index contributed by atoms with van der Waals surface area (Å²) in [5.74, 6) is 0.661. The molecule has 0 heterocycles. The van der Waals surface area contributed by atoms with Gasteiger partial charge in [-0.15, -0.1) is 11.6 Å². The van der Waals surface area contributed by atoms with Crippen molar-refractivity contribution in [1.29, 1.82) is 0 Å². The Morgan fingerprint density at radius 3 is 2.43 bits per heavy atom. The maximum absolute atomic E-state index is 5.68. The highest BCUT2D eigenvalue weighted by Crippen LogP contribution is 2.13. The zero-order valence-corrected chi connectivity index (χ0v) is 9.51. The van der Waals surface area contributed by atoms with E-state index in [1.165, 1.54) is 11.3 Å². The van der Waals surface area contributed by atoms with Gasteiger partial charge in [-0.3, -0.25) is 0 Å². The second-order valence-electron chi connectivity index (χ2n) is 3.31. The van der Waals surface area contributed by atoms with Crippen LogP contribution in [0.5, 0.6) is 0 Å². The molecule has 0 aliphatic heterocycles. The van der Waals surface area contributed by atoms with Gasteiger partial charge in [0.1, 0.15) is 0 Å². The Morgan fingerprint density at radius 2 is 1.93 bits per heavy atom. The highest BCUT2D eigenvalue weighted by Gasteiger charge is 1.99. The molecule has 78 valence electrons. The number of nitrogens with zero attached hydrogens (tertiary/aromatic N) is 1. The Kier molecular flexibility index (Phi) is 4.77. The minimum Gasteiger partial charge on any atom is -0.373 e. The molecule has 2 nitrogen and oxygen atoms in total. The number of hydrogen-bond acceptors (Lipinski definition) is 2. The predicted molar refractivity (Wildman–Crippen MR) is 63.2 cm³/mol. The van der Waals surface area contributed by atoms with Crippen molar-refractivity contribution in [2.75, 3.05) is 31.4 Å². The normalized spacial score (nSPS) is 10.2. The first-order valence-electron chi connectivity index (χ1n) is 4.78. The van der Waals surface area contributed by atoms with Gasteiger partial charge in [0.2, 0.25) is 0 Å². The van der Waals surface area contributed by atoms with Crippen LogP contribution in [0, 0.1) is 0 Å². The lowest BCUT2D eigenvalue weighted by atomic mass is 10.2. The van der Waals surface area contributed by atoms with Crippen molar-refractivity contribution in [1.82, 2.24) is 5.32 Å². The van der Waals surface area contributed by atoms with Crippen LogP contribution in [-0.2, 0) is 6.54 Å². The molecule has 0 radical (unpaired) electrons. The van der Waals surface area contributed by atoms with Gasteiger partial charge in [0.25, 0.3) is 0 Å². The minimum atomic E-state index is 0.661. The number of benzene rings is 1. The van der Waals surface area contributed by atoms with Gasteiger partial charge in [0.05, 0.1) is 0 Å². The first-order chi connectivity index (χ1) is 6.77. The molecular weight excluding hydrogens is 196 g/mol. The molecule has 0 aromatic heterocycles. The zero-order chi connectivity index (χ0) is 10.4. The standard InChI is InChI=1S/C11H17ClN2/c1-13-9-10-3-5-11(6-4-10)14(2)8-7-12/h3-6,13H,7-9H2,1-2H3. The van der Waals surface area contributed by atoms with Gasteiger partial charge >= 0.3 is 0 Å². The fraction of sp³-hybridized carbons (Fsp3) is 0.455. The molecule has 1 aromatic carbocycles. The van der Waals surface area contributed by atoms with E-state index in [1.807, 2.05) is 7.05 Å². The van der Waals surface area contributed by atoms with Crippen molar-refractivity contribution < 1.29 is 0 Å². The first-order valence-corrected chi connectivity index (χ1v) is 5.32. The van der Waals surface area contributed by atoms with E-state index in [0.717, 1.165) is 13.1 Å². The number of alkyl halides is 1. The molecule has 0 amide bonds. The molecule has 1 aromatic rings. The van der Waals surface area contributed by atoms with E-state index in [9.17, 15) is 0 Å². The summed E-state index contributed by atoms with van der Waals surface area (Å²) in [4.78, 5) is 2.15. The average molecular weight is 213 g/mol. The van der Waals surface area contributed by atoms with E-state index in [2.05, 4.69) is 41.5 Å². The van der Waals surface area contributed by atoms with Crippen molar-refractivity contribution in [3.8, 4) is 0 Å². The Hall–Kier alpha value is -0.730. The van der Waals surface area contributed by atoms with Gasteiger partial charge in [-0.2, -0.15) is 0 Å². The van der Waals surface area contributed by atoms with Crippen LogP contribution in [0.15, 0.2) is 24.3 Å². The van der Waals surface area contributed by atoms with Gasteiger partial charge in [0, 0.05) is 31.7 Å². The van der Waals surface area contributed by atoms with E-state index in [1.54, 1.807) is 0 Å². The number of halogens is 1. The molecule has 1 N–H and O–H groups in total.